The van der Waals surface area contributed by atoms with Crippen LogP contribution in [0.3, 0.4) is 0 Å². The van der Waals surface area contributed by atoms with Crippen molar-refractivity contribution in [3.8, 4) is 0 Å². The van der Waals surface area contributed by atoms with Crippen LogP contribution >= 0.6 is 23.6 Å². The molecule has 2 heterocycles. The molecule has 1 aliphatic carbocycles. The Kier molecular flexibility index (Phi) is 5.15. The number of carbonyl (C=O) groups excluding carboxylic acids is 1. The number of hydrazine groups is 1. The van der Waals surface area contributed by atoms with E-state index in [1.54, 1.807) is 11.3 Å². The molecular formula is C15H22N4O2S2. The number of piperazine rings is 1. The second kappa shape index (κ2) is 7.12. The Hall–Kier alpha value is -1.22. The lowest BCUT2D eigenvalue weighted by Gasteiger charge is -2.33. The number of thiophene rings is 1. The van der Waals surface area contributed by atoms with Crippen molar-refractivity contribution >= 4 is 39.6 Å². The van der Waals surface area contributed by atoms with E-state index in [2.05, 4.69) is 27.7 Å². The number of fused-ring (bicyclic) bond motifs is 1. The number of carbonyl (C=O) groups is 1. The molecule has 1 fully saturated rings. The van der Waals surface area contributed by atoms with Crippen LogP contribution in [0, 0.1) is 0 Å². The van der Waals surface area contributed by atoms with E-state index in [9.17, 15) is 4.79 Å². The third-order valence-corrected chi connectivity index (χ3v) is 5.70. The summed E-state index contributed by atoms with van der Waals surface area (Å²) < 4.78 is 4.95. The number of thiocarbonyl (C=S) groups is 1. The summed E-state index contributed by atoms with van der Waals surface area (Å²) in [5, 5.41) is 6.63. The normalized spacial score (nSPS) is 18.5. The van der Waals surface area contributed by atoms with Crippen LogP contribution in [0.4, 0.5) is 5.00 Å². The number of rotatable bonds is 3. The van der Waals surface area contributed by atoms with Crippen molar-refractivity contribution in [1.82, 2.24) is 15.3 Å². The summed E-state index contributed by atoms with van der Waals surface area (Å²) in [4.78, 5) is 15.7. The number of hydrogen-bond donors (Lipinski definition) is 2. The van der Waals surface area contributed by atoms with Gasteiger partial charge in [-0.3, -0.25) is 5.43 Å². The molecule has 2 N–H and O–H groups in total. The smallest absolute Gasteiger partial charge is 0.341 e. The van der Waals surface area contributed by atoms with Crippen LogP contribution < -0.4 is 10.7 Å². The van der Waals surface area contributed by atoms with Crippen LogP contribution in [0.1, 0.15) is 27.2 Å². The van der Waals surface area contributed by atoms with Crippen molar-refractivity contribution in [3.63, 3.8) is 0 Å². The molecule has 1 aromatic heterocycles. The summed E-state index contributed by atoms with van der Waals surface area (Å²) in [5.41, 5.74) is 5.01. The second-order valence-corrected chi connectivity index (χ2v) is 7.42. The van der Waals surface area contributed by atoms with Gasteiger partial charge in [-0.2, -0.15) is 0 Å². The van der Waals surface area contributed by atoms with Gasteiger partial charge in [0, 0.05) is 31.1 Å². The van der Waals surface area contributed by atoms with Gasteiger partial charge in [-0.15, -0.1) is 11.3 Å². The fraction of sp³-hybridized carbons (Fsp3) is 0.600. The van der Waals surface area contributed by atoms with E-state index in [1.165, 1.54) is 12.0 Å². The predicted octanol–water partition coefficient (Wildman–Crippen LogP) is 1.47. The van der Waals surface area contributed by atoms with Crippen molar-refractivity contribution in [1.29, 1.82) is 0 Å². The van der Waals surface area contributed by atoms with Crippen LogP contribution in [-0.4, -0.2) is 61.3 Å². The zero-order chi connectivity index (χ0) is 16.4. The average molecular weight is 355 g/mol. The maximum Gasteiger partial charge on any atom is 0.341 e. The van der Waals surface area contributed by atoms with Gasteiger partial charge in [0.1, 0.15) is 5.00 Å². The summed E-state index contributed by atoms with van der Waals surface area (Å²) in [5.74, 6) is -0.283. The van der Waals surface area contributed by atoms with Gasteiger partial charge < -0.3 is 15.0 Å². The Morgan fingerprint density at radius 1 is 1.26 bits per heavy atom. The average Bonchev–Trinajstić information content (AvgIpc) is 3.09. The monoisotopic (exact) mass is 354 g/mol. The van der Waals surface area contributed by atoms with Gasteiger partial charge in [0.15, 0.2) is 5.11 Å². The van der Waals surface area contributed by atoms with Gasteiger partial charge in [-0.1, -0.05) is 0 Å². The van der Waals surface area contributed by atoms with E-state index in [0.717, 1.165) is 56.0 Å². The van der Waals surface area contributed by atoms with E-state index in [1.807, 2.05) is 0 Å². The van der Waals surface area contributed by atoms with Crippen molar-refractivity contribution in [2.45, 2.75) is 19.3 Å². The molecule has 0 spiro atoms. The van der Waals surface area contributed by atoms with Gasteiger partial charge in [-0.25, -0.2) is 9.80 Å². The molecule has 1 aromatic rings. The minimum absolute atomic E-state index is 0.283. The number of nitrogens with zero attached hydrogens (tertiary/aromatic N) is 2. The summed E-state index contributed by atoms with van der Waals surface area (Å²) in [6.07, 6.45) is 3.08. The zero-order valence-corrected chi connectivity index (χ0v) is 15.1. The summed E-state index contributed by atoms with van der Waals surface area (Å²) in [6.45, 7) is 3.86. The molecule has 0 amide bonds. The van der Waals surface area contributed by atoms with Crippen LogP contribution in [0.25, 0.3) is 0 Å². The van der Waals surface area contributed by atoms with E-state index in [-0.39, 0.29) is 5.97 Å². The highest BCUT2D eigenvalue weighted by Crippen LogP contribution is 2.39. The lowest BCUT2D eigenvalue weighted by Crippen LogP contribution is -2.53. The minimum atomic E-state index is -0.283. The fourth-order valence-electron chi connectivity index (χ4n) is 3.00. The molecule has 0 radical (unpaired) electrons. The molecule has 126 valence electrons. The Labute approximate surface area is 145 Å². The lowest BCUT2D eigenvalue weighted by atomic mass is 10.1. The minimum Gasteiger partial charge on any atom is -0.465 e. The zero-order valence-electron chi connectivity index (χ0n) is 13.5. The van der Waals surface area contributed by atoms with E-state index >= 15 is 0 Å². The number of esters is 1. The van der Waals surface area contributed by atoms with Crippen LogP contribution in [0.15, 0.2) is 0 Å². The quantitative estimate of drug-likeness (QED) is 0.630. The van der Waals surface area contributed by atoms with Crippen molar-refractivity contribution in [3.05, 3.63) is 16.0 Å². The first-order valence-electron chi connectivity index (χ1n) is 7.82. The van der Waals surface area contributed by atoms with Crippen molar-refractivity contribution < 1.29 is 9.53 Å². The Bertz CT molecular complexity index is 609. The topological polar surface area (TPSA) is 56.8 Å². The van der Waals surface area contributed by atoms with Crippen molar-refractivity contribution in [2.75, 3.05) is 45.7 Å². The third-order valence-electron chi connectivity index (χ3n) is 4.30. The van der Waals surface area contributed by atoms with Crippen LogP contribution in [0.5, 0.6) is 0 Å². The SMILES string of the molecule is COC(=O)c1c(NC(=S)NN2CCN(C)CC2)sc2c1CCC2. The molecule has 6 nitrogen and oxygen atoms in total. The molecule has 0 saturated carbocycles. The van der Waals surface area contributed by atoms with Gasteiger partial charge in [0.2, 0.25) is 0 Å². The van der Waals surface area contributed by atoms with E-state index < -0.39 is 0 Å². The first kappa shape index (κ1) is 16.6. The van der Waals surface area contributed by atoms with Gasteiger partial charge in [-0.05, 0) is 44.1 Å². The molecule has 3 rings (SSSR count). The summed E-state index contributed by atoms with van der Waals surface area (Å²) in [6, 6.07) is 0. The molecule has 2 aliphatic rings. The highest BCUT2D eigenvalue weighted by Gasteiger charge is 2.27. The predicted molar refractivity (Wildman–Crippen MR) is 96.1 cm³/mol. The number of hydrogen-bond acceptors (Lipinski definition) is 6. The van der Waals surface area contributed by atoms with Gasteiger partial charge in [0.25, 0.3) is 0 Å². The largest absolute Gasteiger partial charge is 0.465 e. The molecule has 0 atom stereocenters. The van der Waals surface area contributed by atoms with Gasteiger partial charge in [0.05, 0.1) is 12.7 Å². The molecular weight excluding hydrogens is 332 g/mol. The van der Waals surface area contributed by atoms with Crippen LogP contribution in [-0.2, 0) is 17.6 Å². The maximum absolute atomic E-state index is 12.1. The number of likely N-dealkylation sites (N-methyl/N-ethyl adjacent to an activating group) is 1. The Morgan fingerprint density at radius 3 is 2.70 bits per heavy atom. The number of ether oxygens (including phenoxy) is 1. The standard InChI is InChI=1S/C15H22N4O2S2/c1-18-6-8-19(9-7-18)17-15(22)16-13-12(14(20)21-2)10-4-3-5-11(10)23-13/h3-9H2,1-2H3,(H2,16,17,22). The molecule has 23 heavy (non-hydrogen) atoms. The van der Waals surface area contributed by atoms with Gasteiger partial charge >= 0.3 is 5.97 Å². The second-order valence-electron chi connectivity index (χ2n) is 5.91. The number of nitrogens with one attached hydrogen (secondary N) is 2. The molecule has 0 bridgehead atoms. The van der Waals surface area contributed by atoms with Crippen LogP contribution in [0.2, 0.25) is 0 Å². The molecule has 8 heteroatoms. The molecule has 1 aliphatic heterocycles. The lowest BCUT2D eigenvalue weighted by molar-refractivity contribution is 0.0601. The molecule has 0 aromatic carbocycles. The molecule has 1 saturated heterocycles. The summed E-state index contributed by atoms with van der Waals surface area (Å²) >= 11 is 7.03. The maximum atomic E-state index is 12.1. The number of anilines is 1. The van der Waals surface area contributed by atoms with E-state index in [0.29, 0.717) is 10.7 Å². The highest BCUT2D eigenvalue weighted by molar-refractivity contribution is 7.80. The first-order chi connectivity index (χ1) is 11.1. The first-order valence-corrected chi connectivity index (χ1v) is 9.05. The number of aryl methyl sites for hydroxylation is 1. The van der Waals surface area contributed by atoms with E-state index in [4.69, 9.17) is 17.0 Å². The molecule has 0 unspecified atom stereocenters. The third kappa shape index (κ3) is 3.65. The number of methoxy groups -OCH3 is 1. The Balaban J connectivity index is 1.68. The fourth-order valence-corrected chi connectivity index (χ4v) is 4.58. The summed E-state index contributed by atoms with van der Waals surface area (Å²) in [7, 11) is 3.54. The Morgan fingerprint density at radius 2 is 2.00 bits per heavy atom. The highest BCUT2D eigenvalue weighted by atomic mass is 32.1. The van der Waals surface area contributed by atoms with Crippen molar-refractivity contribution in [2.24, 2.45) is 0 Å².